The molecule has 0 bridgehead atoms. The number of nitrogens with two attached hydrogens (primary N) is 1. The summed E-state index contributed by atoms with van der Waals surface area (Å²) in [5.41, 5.74) is 8.38. The Hall–Kier alpha value is -2.36. The van der Waals surface area contributed by atoms with E-state index in [-0.39, 0.29) is 17.2 Å². The molecule has 0 aliphatic carbocycles. The van der Waals surface area contributed by atoms with E-state index in [0.717, 1.165) is 11.1 Å². The summed E-state index contributed by atoms with van der Waals surface area (Å²) in [4.78, 5) is 13.8. The Kier molecular flexibility index (Phi) is 4.03. The molecule has 2 rings (SSSR count). The summed E-state index contributed by atoms with van der Waals surface area (Å²) in [6.45, 7) is 2.46. The highest BCUT2D eigenvalue weighted by molar-refractivity contribution is 5.98. The average Bonchev–Trinajstić information content (AvgIpc) is 2.43. The molecule has 2 aromatic rings. The van der Waals surface area contributed by atoms with Crippen LogP contribution in [0.4, 0.5) is 10.1 Å². The molecule has 0 heterocycles. The number of halogens is 1. The molecule has 0 saturated heterocycles. The molecule has 0 aliphatic rings. The second-order valence-electron chi connectivity index (χ2n) is 4.88. The number of aryl methyl sites for hydroxylation is 1. The van der Waals surface area contributed by atoms with Gasteiger partial charge in [-0.3, -0.25) is 4.79 Å². The van der Waals surface area contributed by atoms with Crippen molar-refractivity contribution in [2.24, 2.45) is 0 Å². The summed E-state index contributed by atoms with van der Waals surface area (Å²) in [5.74, 6) is -0.756. The predicted octanol–water partition coefficient (Wildman–Crippen LogP) is 2.99. The van der Waals surface area contributed by atoms with Crippen molar-refractivity contribution in [1.82, 2.24) is 4.90 Å². The average molecular weight is 272 g/mol. The molecule has 2 N–H and O–H groups in total. The van der Waals surface area contributed by atoms with Gasteiger partial charge < -0.3 is 10.6 Å². The van der Waals surface area contributed by atoms with Gasteiger partial charge in [0, 0.05) is 19.3 Å². The number of amides is 1. The number of hydrogen-bond donors (Lipinski definition) is 1. The number of carbonyl (C=O) groups is 1. The van der Waals surface area contributed by atoms with E-state index in [1.54, 1.807) is 7.05 Å². The lowest BCUT2D eigenvalue weighted by molar-refractivity contribution is 0.0785. The van der Waals surface area contributed by atoms with Crippen molar-refractivity contribution >= 4 is 11.6 Å². The molecule has 0 fully saturated rings. The van der Waals surface area contributed by atoms with Gasteiger partial charge in [0.05, 0.1) is 5.56 Å². The number of carbonyl (C=O) groups excluding carboxylic acids is 1. The van der Waals surface area contributed by atoms with Gasteiger partial charge in [-0.25, -0.2) is 4.39 Å². The summed E-state index contributed by atoms with van der Waals surface area (Å²) in [6.07, 6.45) is 0. The second-order valence-corrected chi connectivity index (χ2v) is 4.88. The van der Waals surface area contributed by atoms with Crippen LogP contribution in [0, 0.1) is 12.7 Å². The minimum Gasteiger partial charge on any atom is -0.398 e. The number of nitrogen functional groups attached to an aromatic ring is 1. The van der Waals surface area contributed by atoms with Gasteiger partial charge in [-0.1, -0.05) is 29.8 Å². The van der Waals surface area contributed by atoms with E-state index in [2.05, 4.69) is 0 Å². The van der Waals surface area contributed by atoms with E-state index in [4.69, 9.17) is 5.73 Å². The number of nitrogens with zero attached hydrogens (tertiary/aromatic N) is 1. The van der Waals surface area contributed by atoms with Crippen molar-refractivity contribution in [3.8, 4) is 0 Å². The van der Waals surface area contributed by atoms with Crippen LogP contribution in [0.15, 0.2) is 42.5 Å². The third-order valence-corrected chi connectivity index (χ3v) is 3.13. The van der Waals surface area contributed by atoms with E-state index in [1.807, 2.05) is 31.2 Å². The smallest absolute Gasteiger partial charge is 0.256 e. The predicted molar refractivity (Wildman–Crippen MR) is 77.8 cm³/mol. The number of benzene rings is 2. The standard InChI is InChI=1S/C16H17FN2O/c1-11-3-5-12(6-4-11)10-19(2)16(20)14-9-13(17)7-8-15(14)18/h3-9H,10,18H2,1-2H3. The molecule has 104 valence electrons. The van der Waals surface area contributed by atoms with E-state index >= 15 is 0 Å². The fourth-order valence-corrected chi connectivity index (χ4v) is 1.96. The second kappa shape index (κ2) is 5.74. The SMILES string of the molecule is Cc1ccc(CN(C)C(=O)c2cc(F)ccc2N)cc1. The first-order chi connectivity index (χ1) is 9.47. The van der Waals surface area contributed by atoms with Gasteiger partial charge in [-0.2, -0.15) is 0 Å². The van der Waals surface area contributed by atoms with Crippen LogP contribution in [-0.4, -0.2) is 17.9 Å². The maximum Gasteiger partial charge on any atom is 0.256 e. The molecule has 0 radical (unpaired) electrons. The molecule has 3 nitrogen and oxygen atoms in total. The lowest BCUT2D eigenvalue weighted by Gasteiger charge is -2.18. The van der Waals surface area contributed by atoms with Crippen LogP contribution in [0.2, 0.25) is 0 Å². The number of anilines is 1. The topological polar surface area (TPSA) is 46.3 Å². The largest absolute Gasteiger partial charge is 0.398 e. The van der Waals surface area contributed by atoms with Gasteiger partial charge in [-0.15, -0.1) is 0 Å². The van der Waals surface area contributed by atoms with E-state index in [1.165, 1.54) is 23.1 Å². The number of rotatable bonds is 3. The van der Waals surface area contributed by atoms with Gasteiger partial charge in [0.15, 0.2) is 0 Å². The molecule has 0 unspecified atom stereocenters. The molecule has 1 amide bonds. The quantitative estimate of drug-likeness (QED) is 0.873. The zero-order valence-corrected chi connectivity index (χ0v) is 11.6. The molecule has 4 heteroatoms. The molecular weight excluding hydrogens is 255 g/mol. The van der Waals surface area contributed by atoms with Crippen LogP contribution in [0.3, 0.4) is 0 Å². The van der Waals surface area contributed by atoms with Crippen LogP contribution >= 0.6 is 0 Å². The van der Waals surface area contributed by atoms with E-state index in [9.17, 15) is 9.18 Å². The highest BCUT2D eigenvalue weighted by Crippen LogP contribution is 2.16. The van der Waals surface area contributed by atoms with Crippen LogP contribution in [0.25, 0.3) is 0 Å². The lowest BCUT2D eigenvalue weighted by atomic mass is 10.1. The van der Waals surface area contributed by atoms with Gasteiger partial charge in [0.25, 0.3) is 5.91 Å². The molecule has 0 aliphatic heterocycles. The maximum atomic E-state index is 13.2. The molecule has 0 saturated carbocycles. The molecule has 2 aromatic carbocycles. The Balaban J connectivity index is 2.16. The fourth-order valence-electron chi connectivity index (χ4n) is 1.96. The molecule has 0 aromatic heterocycles. The van der Waals surface area contributed by atoms with Gasteiger partial charge in [0.2, 0.25) is 0 Å². The van der Waals surface area contributed by atoms with Crippen LogP contribution in [0.5, 0.6) is 0 Å². The zero-order chi connectivity index (χ0) is 14.7. The fraction of sp³-hybridized carbons (Fsp3) is 0.188. The van der Waals surface area contributed by atoms with E-state index in [0.29, 0.717) is 6.54 Å². The summed E-state index contributed by atoms with van der Waals surface area (Å²) in [7, 11) is 1.67. The lowest BCUT2D eigenvalue weighted by Crippen LogP contribution is -2.27. The summed E-state index contributed by atoms with van der Waals surface area (Å²) in [6, 6.07) is 11.7. The Morgan fingerprint density at radius 2 is 1.85 bits per heavy atom. The van der Waals surface area contributed by atoms with Crippen molar-refractivity contribution in [1.29, 1.82) is 0 Å². The third kappa shape index (κ3) is 3.15. The van der Waals surface area contributed by atoms with Gasteiger partial charge in [0.1, 0.15) is 5.82 Å². The first-order valence-corrected chi connectivity index (χ1v) is 6.33. The zero-order valence-electron chi connectivity index (χ0n) is 11.6. The first-order valence-electron chi connectivity index (χ1n) is 6.33. The molecular formula is C16H17FN2O. The molecule has 0 spiro atoms. The van der Waals surface area contributed by atoms with Crippen LogP contribution in [-0.2, 0) is 6.54 Å². The van der Waals surface area contributed by atoms with Crippen LogP contribution < -0.4 is 5.73 Å². The Morgan fingerprint density at radius 1 is 1.20 bits per heavy atom. The summed E-state index contributed by atoms with van der Waals surface area (Å²) < 4.78 is 13.2. The van der Waals surface area contributed by atoms with Crippen molar-refractivity contribution in [3.63, 3.8) is 0 Å². The van der Waals surface area contributed by atoms with Crippen LogP contribution in [0.1, 0.15) is 21.5 Å². The Morgan fingerprint density at radius 3 is 2.50 bits per heavy atom. The van der Waals surface area contributed by atoms with Gasteiger partial charge >= 0.3 is 0 Å². The number of hydrogen-bond acceptors (Lipinski definition) is 2. The molecule has 0 atom stereocenters. The minimum absolute atomic E-state index is 0.194. The monoisotopic (exact) mass is 272 g/mol. The van der Waals surface area contributed by atoms with E-state index < -0.39 is 5.82 Å². The Bertz CT molecular complexity index is 623. The van der Waals surface area contributed by atoms with Crippen molar-refractivity contribution < 1.29 is 9.18 Å². The summed E-state index contributed by atoms with van der Waals surface area (Å²) >= 11 is 0. The van der Waals surface area contributed by atoms with Gasteiger partial charge in [-0.05, 0) is 30.7 Å². The first kappa shape index (κ1) is 14.1. The maximum absolute atomic E-state index is 13.2. The molecule has 20 heavy (non-hydrogen) atoms. The van der Waals surface area contributed by atoms with Crippen molar-refractivity contribution in [2.45, 2.75) is 13.5 Å². The summed E-state index contributed by atoms with van der Waals surface area (Å²) in [5, 5.41) is 0. The van der Waals surface area contributed by atoms with Crippen molar-refractivity contribution in [2.75, 3.05) is 12.8 Å². The minimum atomic E-state index is -0.466. The highest BCUT2D eigenvalue weighted by atomic mass is 19.1. The highest BCUT2D eigenvalue weighted by Gasteiger charge is 2.15. The third-order valence-electron chi connectivity index (χ3n) is 3.13. The Labute approximate surface area is 117 Å². The normalized spacial score (nSPS) is 10.3. The van der Waals surface area contributed by atoms with Crippen molar-refractivity contribution in [3.05, 3.63) is 65.0 Å².